The predicted octanol–water partition coefficient (Wildman–Crippen LogP) is 11.7. The molecular weight excluding hydrogens is 542 g/mol. The Labute approximate surface area is 275 Å². The lowest BCUT2D eigenvalue weighted by Gasteiger charge is -2.20. The van der Waals surface area contributed by atoms with Crippen LogP contribution in [0.5, 0.6) is 0 Å². The molecule has 4 heteroatoms. The molecule has 0 fully saturated rings. The second-order valence-electron chi connectivity index (χ2n) is 13.3. The van der Waals surface area contributed by atoms with Crippen molar-refractivity contribution in [3.05, 3.63) is 24.3 Å². The minimum atomic E-state index is -0.834. The summed E-state index contributed by atoms with van der Waals surface area (Å²) in [5, 5.41) is 22.9. The number of aliphatic hydroxyl groups is 2. The van der Waals surface area contributed by atoms with E-state index >= 15 is 0 Å². The SMILES string of the molecule is CCCCCCCC/C=C/CCCCCCCCCCCCCC(=O)N[C@@H](CO)[C@H](O)/C=C/CCCCCCCCCCC. The summed E-state index contributed by atoms with van der Waals surface area (Å²) in [6.45, 7) is 4.29. The molecule has 3 N–H and O–H groups in total. The molecule has 0 rings (SSSR count). The van der Waals surface area contributed by atoms with Crippen LogP contribution in [0.4, 0.5) is 0 Å². The maximum atomic E-state index is 12.3. The summed E-state index contributed by atoms with van der Waals surface area (Å²) >= 11 is 0. The van der Waals surface area contributed by atoms with Crippen molar-refractivity contribution >= 4 is 5.91 Å². The molecule has 0 aliphatic heterocycles. The Morgan fingerprint density at radius 2 is 0.864 bits per heavy atom. The molecule has 0 aromatic heterocycles. The molecule has 0 aliphatic carbocycles. The van der Waals surface area contributed by atoms with Crippen LogP contribution in [0.1, 0.15) is 206 Å². The summed E-state index contributed by atoms with van der Waals surface area (Å²) in [6, 6.07) is -0.617. The number of allylic oxidation sites excluding steroid dienone is 3. The smallest absolute Gasteiger partial charge is 0.220 e. The van der Waals surface area contributed by atoms with Gasteiger partial charge in [-0.2, -0.15) is 0 Å². The molecule has 0 radical (unpaired) electrons. The van der Waals surface area contributed by atoms with Crippen LogP contribution < -0.4 is 5.32 Å². The van der Waals surface area contributed by atoms with Gasteiger partial charge in [0.2, 0.25) is 5.91 Å². The van der Waals surface area contributed by atoms with Crippen LogP contribution in [0.3, 0.4) is 0 Å². The first kappa shape index (κ1) is 42.9. The average molecular weight is 620 g/mol. The normalized spacial score (nSPS) is 13.3. The molecule has 0 heterocycles. The number of carbonyl (C=O) groups is 1. The molecule has 0 aliphatic rings. The molecule has 1 amide bonds. The van der Waals surface area contributed by atoms with Gasteiger partial charge in [0.05, 0.1) is 18.8 Å². The molecule has 0 aromatic carbocycles. The van der Waals surface area contributed by atoms with Crippen LogP contribution >= 0.6 is 0 Å². The fraction of sp³-hybridized carbons (Fsp3) is 0.875. The van der Waals surface area contributed by atoms with Crippen LogP contribution in [0, 0.1) is 0 Å². The van der Waals surface area contributed by atoms with Gasteiger partial charge >= 0.3 is 0 Å². The van der Waals surface area contributed by atoms with Crippen molar-refractivity contribution in [2.75, 3.05) is 6.61 Å². The highest BCUT2D eigenvalue weighted by molar-refractivity contribution is 5.76. The lowest BCUT2D eigenvalue weighted by atomic mass is 10.0. The van der Waals surface area contributed by atoms with Gasteiger partial charge in [-0.25, -0.2) is 0 Å². The number of hydrogen-bond donors (Lipinski definition) is 3. The maximum Gasteiger partial charge on any atom is 0.220 e. The lowest BCUT2D eigenvalue weighted by Crippen LogP contribution is -2.45. The molecule has 0 spiro atoms. The second kappa shape index (κ2) is 36.3. The third-order valence-electron chi connectivity index (χ3n) is 8.93. The number of rotatable bonds is 35. The first-order valence-corrected chi connectivity index (χ1v) is 19.6. The number of hydrogen-bond acceptors (Lipinski definition) is 3. The largest absolute Gasteiger partial charge is 0.394 e. The van der Waals surface area contributed by atoms with Gasteiger partial charge in [0, 0.05) is 6.42 Å². The minimum Gasteiger partial charge on any atom is -0.394 e. The van der Waals surface area contributed by atoms with Crippen molar-refractivity contribution in [1.82, 2.24) is 5.32 Å². The third-order valence-corrected chi connectivity index (χ3v) is 8.93. The Morgan fingerprint density at radius 3 is 1.25 bits per heavy atom. The van der Waals surface area contributed by atoms with E-state index in [1.165, 1.54) is 161 Å². The number of aliphatic hydroxyl groups excluding tert-OH is 2. The summed E-state index contributed by atoms with van der Waals surface area (Å²) in [4.78, 5) is 12.3. The fourth-order valence-corrected chi connectivity index (χ4v) is 5.88. The van der Waals surface area contributed by atoms with Crippen LogP contribution in [0.2, 0.25) is 0 Å². The van der Waals surface area contributed by atoms with E-state index in [0.29, 0.717) is 6.42 Å². The standard InChI is InChI=1S/C40H77NO3/c1-3-5-7-9-11-13-15-16-17-18-19-20-21-22-23-24-26-28-30-32-34-36-40(44)41-38(37-42)39(43)35-33-31-29-27-25-14-12-10-8-6-4-2/h16-17,33,35,38-39,42-43H,3-15,18-32,34,36-37H2,1-2H3,(H,41,44)/b17-16+,35-33+/t38-,39+/m0/s1. The van der Waals surface area contributed by atoms with Crippen molar-refractivity contribution in [1.29, 1.82) is 0 Å². The van der Waals surface area contributed by atoms with Crippen LogP contribution in [-0.4, -0.2) is 34.9 Å². The summed E-state index contributed by atoms with van der Waals surface area (Å²) < 4.78 is 0. The lowest BCUT2D eigenvalue weighted by molar-refractivity contribution is -0.123. The average Bonchev–Trinajstić information content (AvgIpc) is 3.03. The molecule has 44 heavy (non-hydrogen) atoms. The minimum absolute atomic E-state index is 0.0660. The van der Waals surface area contributed by atoms with Gasteiger partial charge in [-0.1, -0.05) is 179 Å². The monoisotopic (exact) mass is 620 g/mol. The van der Waals surface area contributed by atoms with Crippen molar-refractivity contribution in [3.63, 3.8) is 0 Å². The molecule has 4 nitrogen and oxygen atoms in total. The Hall–Kier alpha value is -1.13. The molecule has 260 valence electrons. The summed E-state index contributed by atoms with van der Waals surface area (Å²) in [6.07, 6.45) is 45.5. The fourth-order valence-electron chi connectivity index (χ4n) is 5.88. The molecular formula is C40H77NO3. The van der Waals surface area contributed by atoms with Crippen molar-refractivity contribution in [2.24, 2.45) is 0 Å². The van der Waals surface area contributed by atoms with E-state index in [1.54, 1.807) is 6.08 Å². The molecule has 0 saturated carbocycles. The Morgan fingerprint density at radius 1 is 0.523 bits per heavy atom. The van der Waals surface area contributed by atoms with Crippen LogP contribution in [0.15, 0.2) is 24.3 Å². The van der Waals surface area contributed by atoms with Gasteiger partial charge in [-0.3, -0.25) is 4.79 Å². The van der Waals surface area contributed by atoms with Crippen molar-refractivity contribution < 1.29 is 15.0 Å². The maximum absolute atomic E-state index is 12.3. The topological polar surface area (TPSA) is 69.6 Å². The van der Waals surface area contributed by atoms with Crippen LogP contribution in [-0.2, 0) is 4.79 Å². The van der Waals surface area contributed by atoms with Gasteiger partial charge < -0.3 is 15.5 Å². The summed E-state index contributed by atoms with van der Waals surface area (Å²) in [5.74, 6) is -0.0660. The molecule has 0 bridgehead atoms. The molecule has 0 aromatic rings. The van der Waals surface area contributed by atoms with Crippen molar-refractivity contribution in [2.45, 2.75) is 219 Å². The van der Waals surface area contributed by atoms with E-state index in [1.807, 2.05) is 6.08 Å². The number of carbonyl (C=O) groups excluding carboxylic acids is 1. The highest BCUT2D eigenvalue weighted by Gasteiger charge is 2.17. The Balaban J connectivity index is 3.54. The van der Waals surface area contributed by atoms with Crippen LogP contribution in [0.25, 0.3) is 0 Å². The Kier molecular flexibility index (Phi) is 35.4. The molecule has 2 atom stereocenters. The Bertz CT molecular complexity index is 632. The highest BCUT2D eigenvalue weighted by Crippen LogP contribution is 2.14. The van der Waals surface area contributed by atoms with Gasteiger partial charge in [0.1, 0.15) is 0 Å². The van der Waals surface area contributed by atoms with Gasteiger partial charge in [0.15, 0.2) is 0 Å². The van der Waals surface area contributed by atoms with E-state index in [4.69, 9.17) is 0 Å². The summed E-state index contributed by atoms with van der Waals surface area (Å²) in [5.41, 5.74) is 0. The van der Waals surface area contributed by atoms with E-state index in [2.05, 4.69) is 31.3 Å². The highest BCUT2D eigenvalue weighted by atomic mass is 16.3. The van der Waals surface area contributed by atoms with E-state index < -0.39 is 12.1 Å². The third kappa shape index (κ3) is 32.3. The number of nitrogens with one attached hydrogen (secondary N) is 1. The van der Waals surface area contributed by atoms with E-state index in [0.717, 1.165) is 25.7 Å². The van der Waals surface area contributed by atoms with E-state index in [9.17, 15) is 15.0 Å². The first-order valence-electron chi connectivity index (χ1n) is 19.6. The summed E-state index contributed by atoms with van der Waals surface area (Å²) in [7, 11) is 0. The van der Waals surface area contributed by atoms with E-state index in [-0.39, 0.29) is 12.5 Å². The second-order valence-corrected chi connectivity index (χ2v) is 13.3. The van der Waals surface area contributed by atoms with Crippen molar-refractivity contribution in [3.8, 4) is 0 Å². The quantitative estimate of drug-likeness (QED) is 0.0488. The molecule has 0 saturated heterocycles. The van der Waals surface area contributed by atoms with Gasteiger partial charge in [0.25, 0.3) is 0 Å². The number of unbranched alkanes of at least 4 members (excludes halogenated alkanes) is 26. The zero-order chi connectivity index (χ0) is 32.2. The first-order chi connectivity index (χ1) is 21.7. The van der Waals surface area contributed by atoms with Gasteiger partial charge in [-0.15, -0.1) is 0 Å². The molecule has 0 unspecified atom stereocenters. The zero-order valence-corrected chi connectivity index (χ0v) is 29.7. The predicted molar refractivity (Wildman–Crippen MR) is 193 cm³/mol. The number of amides is 1. The van der Waals surface area contributed by atoms with Gasteiger partial charge in [-0.05, 0) is 44.9 Å². The zero-order valence-electron chi connectivity index (χ0n) is 29.7.